The van der Waals surface area contributed by atoms with Crippen LogP contribution in [0.2, 0.25) is 0 Å². The van der Waals surface area contributed by atoms with E-state index in [0.29, 0.717) is 11.4 Å². The Hall–Kier alpha value is -2.19. The van der Waals surface area contributed by atoms with Gasteiger partial charge in [0, 0.05) is 31.0 Å². The molecule has 0 spiro atoms. The molecule has 1 N–H and O–H groups in total. The summed E-state index contributed by atoms with van der Waals surface area (Å²) in [5.41, 5.74) is 0.844. The fourth-order valence-corrected chi connectivity index (χ4v) is 3.87. The van der Waals surface area contributed by atoms with Crippen LogP contribution in [0.25, 0.3) is 0 Å². The Bertz CT molecular complexity index is 868. The highest BCUT2D eigenvalue weighted by Crippen LogP contribution is 2.30. The van der Waals surface area contributed by atoms with Crippen molar-refractivity contribution in [2.45, 2.75) is 43.7 Å². The van der Waals surface area contributed by atoms with Gasteiger partial charge in [-0.2, -0.15) is 9.40 Å². The number of carbonyl (C=O) groups is 1. The molecule has 2 aromatic rings. The van der Waals surface area contributed by atoms with Crippen molar-refractivity contribution < 1.29 is 13.2 Å². The Morgan fingerprint density at radius 2 is 1.88 bits per heavy atom. The number of nitrogens with zero attached hydrogens (tertiary/aromatic N) is 3. The summed E-state index contributed by atoms with van der Waals surface area (Å²) >= 11 is 0. The van der Waals surface area contributed by atoms with Crippen LogP contribution >= 0.6 is 0 Å². The van der Waals surface area contributed by atoms with Crippen molar-refractivity contribution >= 4 is 21.6 Å². The number of sulfonamides is 1. The van der Waals surface area contributed by atoms with Gasteiger partial charge in [0.1, 0.15) is 0 Å². The summed E-state index contributed by atoms with van der Waals surface area (Å²) in [6.45, 7) is 3.96. The third-order valence-corrected chi connectivity index (χ3v) is 6.14. The lowest BCUT2D eigenvalue weighted by molar-refractivity contribution is 0.102. The third-order valence-electron chi connectivity index (χ3n) is 4.22. The molecule has 8 heteroatoms. The molecule has 1 aromatic carbocycles. The molecule has 1 aliphatic rings. The first kappa shape index (κ1) is 17.6. The van der Waals surface area contributed by atoms with Gasteiger partial charge in [0.25, 0.3) is 5.91 Å². The van der Waals surface area contributed by atoms with Crippen molar-refractivity contribution in [3.63, 3.8) is 0 Å². The average Bonchev–Trinajstić information content (AvgIpc) is 3.29. The molecule has 0 bridgehead atoms. The lowest BCUT2D eigenvalue weighted by Crippen LogP contribution is -2.28. The Balaban J connectivity index is 1.70. The number of aromatic nitrogens is 2. The monoisotopic (exact) mass is 362 g/mol. The van der Waals surface area contributed by atoms with Gasteiger partial charge in [-0.15, -0.1) is 0 Å². The van der Waals surface area contributed by atoms with Crippen LogP contribution in [0.3, 0.4) is 0 Å². The number of nitrogens with one attached hydrogen (secondary N) is 1. The lowest BCUT2D eigenvalue weighted by Gasteiger charge is -2.16. The van der Waals surface area contributed by atoms with Crippen molar-refractivity contribution in [1.29, 1.82) is 0 Å². The fourth-order valence-electron chi connectivity index (χ4n) is 2.45. The smallest absolute Gasteiger partial charge is 0.276 e. The summed E-state index contributed by atoms with van der Waals surface area (Å²) in [4.78, 5) is 12.5. The number of rotatable bonds is 6. The highest BCUT2D eigenvalue weighted by molar-refractivity contribution is 7.89. The van der Waals surface area contributed by atoms with E-state index in [0.717, 1.165) is 12.8 Å². The summed E-state index contributed by atoms with van der Waals surface area (Å²) in [5, 5.41) is 6.94. The zero-order valence-electron chi connectivity index (χ0n) is 14.5. The maximum absolute atomic E-state index is 12.5. The van der Waals surface area contributed by atoms with Gasteiger partial charge in [0.15, 0.2) is 5.69 Å². The van der Waals surface area contributed by atoms with Crippen LogP contribution < -0.4 is 5.32 Å². The molecule has 0 atom stereocenters. The molecular formula is C17H22N4O3S. The molecule has 3 rings (SSSR count). The van der Waals surface area contributed by atoms with E-state index in [4.69, 9.17) is 0 Å². The van der Waals surface area contributed by atoms with Crippen LogP contribution in [-0.2, 0) is 10.0 Å². The second-order valence-electron chi connectivity index (χ2n) is 6.51. The Labute approximate surface area is 147 Å². The highest BCUT2D eigenvalue weighted by Gasteiger charge is 2.34. The summed E-state index contributed by atoms with van der Waals surface area (Å²) < 4.78 is 28.0. The van der Waals surface area contributed by atoms with Crippen molar-refractivity contribution in [2.24, 2.45) is 0 Å². The summed E-state index contributed by atoms with van der Waals surface area (Å²) in [7, 11) is -1.87. The van der Waals surface area contributed by atoms with Crippen molar-refractivity contribution in [3.05, 3.63) is 42.2 Å². The third kappa shape index (κ3) is 3.74. The first-order valence-corrected chi connectivity index (χ1v) is 9.67. The van der Waals surface area contributed by atoms with E-state index in [2.05, 4.69) is 10.4 Å². The van der Waals surface area contributed by atoms with E-state index >= 15 is 0 Å². The van der Waals surface area contributed by atoms with Crippen LogP contribution in [0.5, 0.6) is 0 Å². The van der Waals surface area contributed by atoms with Crippen LogP contribution in [0.1, 0.15) is 43.2 Å². The first-order chi connectivity index (χ1) is 11.8. The number of carbonyl (C=O) groups excluding carboxylic acids is 1. The molecule has 25 heavy (non-hydrogen) atoms. The van der Waals surface area contributed by atoms with Gasteiger partial charge in [-0.25, -0.2) is 8.42 Å². The molecular weight excluding hydrogens is 340 g/mol. The second kappa shape index (κ2) is 6.61. The van der Waals surface area contributed by atoms with E-state index in [1.807, 2.05) is 13.8 Å². The van der Waals surface area contributed by atoms with Gasteiger partial charge in [-0.05, 0) is 57.0 Å². The minimum Gasteiger partial charge on any atom is -0.321 e. The van der Waals surface area contributed by atoms with E-state index in [9.17, 15) is 13.2 Å². The lowest BCUT2D eigenvalue weighted by atomic mass is 10.3. The Morgan fingerprint density at radius 1 is 1.24 bits per heavy atom. The first-order valence-electron chi connectivity index (χ1n) is 8.23. The molecule has 7 nitrogen and oxygen atoms in total. The average molecular weight is 362 g/mol. The minimum absolute atomic E-state index is 0.112. The predicted octanol–water partition coefficient (Wildman–Crippen LogP) is 2.50. The molecule has 0 unspecified atom stereocenters. The van der Waals surface area contributed by atoms with Crippen LogP contribution in [0.4, 0.5) is 5.69 Å². The standard InChI is InChI=1S/C17H22N4O3S/c1-12(2)21-11-10-16(19-21)17(22)18-13-4-8-15(9-5-13)25(23,24)20(3)14-6-7-14/h4-5,8-12,14H,6-7H2,1-3H3,(H,18,22). The number of hydrogen-bond donors (Lipinski definition) is 1. The number of benzene rings is 1. The molecule has 0 aliphatic heterocycles. The zero-order chi connectivity index (χ0) is 18.2. The van der Waals surface area contributed by atoms with Crippen molar-refractivity contribution in [3.8, 4) is 0 Å². The summed E-state index contributed by atoms with van der Waals surface area (Å²) in [6, 6.07) is 8.14. The van der Waals surface area contributed by atoms with Crippen molar-refractivity contribution in [2.75, 3.05) is 12.4 Å². The van der Waals surface area contributed by atoms with Gasteiger partial charge in [-0.3, -0.25) is 9.48 Å². The highest BCUT2D eigenvalue weighted by atomic mass is 32.2. The Kier molecular flexibility index (Phi) is 4.66. The van der Waals surface area contributed by atoms with Gasteiger partial charge in [0.05, 0.1) is 4.90 Å². The van der Waals surface area contributed by atoms with Gasteiger partial charge in [0.2, 0.25) is 10.0 Å². The minimum atomic E-state index is -3.47. The van der Waals surface area contributed by atoms with Crippen LogP contribution in [0.15, 0.2) is 41.4 Å². The van der Waals surface area contributed by atoms with Crippen molar-refractivity contribution in [1.82, 2.24) is 14.1 Å². The number of hydrogen-bond acceptors (Lipinski definition) is 4. The largest absolute Gasteiger partial charge is 0.321 e. The maximum atomic E-state index is 12.5. The number of amides is 1. The molecule has 1 saturated carbocycles. The molecule has 1 aromatic heterocycles. The van der Waals surface area contributed by atoms with E-state index in [1.54, 1.807) is 36.1 Å². The molecule has 1 aliphatic carbocycles. The number of anilines is 1. The molecule has 134 valence electrons. The zero-order valence-corrected chi connectivity index (χ0v) is 15.3. The normalized spacial score (nSPS) is 14.9. The Morgan fingerprint density at radius 3 is 2.40 bits per heavy atom. The molecule has 0 radical (unpaired) electrons. The molecule has 1 fully saturated rings. The SMILES string of the molecule is CC(C)n1ccc(C(=O)Nc2ccc(S(=O)(=O)N(C)C3CC3)cc2)n1. The summed E-state index contributed by atoms with van der Waals surface area (Å²) in [6.07, 6.45) is 3.57. The van der Waals surface area contributed by atoms with Gasteiger partial charge in [-0.1, -0.05) is 0 Å². The fraction of sp³-hybridized carbons (Fsp3) is 0.412. The van der Waals surface area contributed by atoms with Gasteiger partial charge >= 0.3 is 0 Å². The van der Waals surface area contributed by atoms with Crippen LogP contribution in [0, 0.1) is 0 Å². The van der Waals surface area contributed by atoms with E-state index < -0.39 is 10.0 Å². The van der Waals surface area contributed by atoms with Gasteiger partial charge < -0.3 is 5.32 Å². The molecule has 1 heterocycles. The second-order valence-corrected chi connectivity index (χ2v) is 8.50. The predicted molar refractivity (Wildman–Crippen MR) is 95.0 cm³/mol. The maximum Gasteiger partial charge on any atom is 0.276 e. The molecule has 0 saturated heterocycles. The summed E-state index contributed by atoms with van der Waals surface area (Å²) in [5.74, 6) is -0.329. The topological polar surface area (TPSA) is 84.3 Å². The molecule has 1 amide bonds. The van der Waals surface area contributed by atoms with Crippen LogP contribution in [-0.4, -0.2) is 41.5 Å². The van der Waals surface area contributed by atoms with E-state index in [1.165, 1.54) is 16.4 Å². The van der Waals surface area contributed by atoms with E-state index in [-0.39, 0.29) is 22.9 Å². The quantitative estimate of drug-likeness (QED) is 0.856.